The monoisotopic (exact) mass is 366 g/mol. The highest BCUT2D eigenvalue weighted by Crippen LogP contribution is 2.23. The molecule has 1 aliphatic heterocycles. The summed E-state index contributed by atoms with van der Waals surface area (Å²) in [6.07, 6.45) is 3.94. The molecule has 1 saturated heterocycles. The second kappa shape index (κ2) is 9.34. The minimum absolute atomic E-state index is 0.0127. The maximum Gasteiger partial charge on any atom is 0.224 e. The number of benzene rings is 1. The van der Waals surface area contributed by atoms with Crippen molar-refractivity contribution < 1.29 is 13.2 Å². The highest BCUT2D eigenvalue weighted by atomic mass is 32.2. The number of carbonyl (C=O) groups is 1. The van der Waals surface area contributed by atoms with Gasteiger partial charge in [0, 0.05) is 13.1 Å². The van der Waals surface area contributed by atoms with E-state index in [0.717, 1.165) is 31.2 Å². The Morgan fingerprint density at radius 3 is 2.60 bits per heavy atom. The van der Waals surface area contributed by atoms with Gasteiger partial charge in [-0.15, -0.1) is 0 Å². The van der Waals surface area contributed by atoms with Gasteiger partial charge in [0.1, 0.15) is 0 Å². The average Bonchev–Trinajstić information content (AvgIpc) is 2.62. The second-order valence-corrected chi connectivity index (χ2v) is 8.86. The van der Waals surface area contributed by atoms with Crippen LogP contribution in [0.25, 0.3) is 0 Å². The number of hydrogen-bond acceptors (Lipinski definition) is 3. The summed E-state index contributed by atoms with van der Waals surface area (Å²) >= 11 is 0. The van der Waals surface area contributed by atoms with Crippen LogP contribution in [0.2, 0.25) is 0 Å². The first-order valence-electron chi connectivity index (χ1n) is 9.31. The predicted octanol–water partition coefficient (Wildman–Crippen LogP) is 3.10. The van der Waals surface area contributed by atoms with E-state index < -0.39 is 10.0 Å². The summed E-state index contributed by atoms with van der Waals surface area (Å²) in [4.78, 5) is 12.8. The SMILES string of the molecule is CCC[C@H](NC(=O)[C@@H]1CCCN(S(=O)(=O)CCC)C1)c1ccccc1. The van der Waals surface area contributed by atoms with Gasteiger partial charge >= 0.3 is 0 Å². The van der Waals surface area contributed by atoms with Crippen molar-refractivity contribution in [3.8, 4) is 0 Å². The largest absolute Gasteiger partial charge is 0.349 e. The van der Waals surface area contributed by atoms with Gasteiger partial charge in [0.2, 0.25) is 15.9 Å². The smallest absolute Gasteiger partial charge is 0.224 e. The summed E-state index contributed by atoms with van der Waals surface area (Å²) in [5.74, 6) is -0.133. The van der Waals surface area contributed by atoms with Gasteiger partial charge in [-0.25, -0.2) is 12.7 Å². The summed E-state index contributed by atoms with van der Waals surface area (Å²) in [7, 11) is -3.24. The van der Waals surface area contributed by atoms with E-state index in [1.807, 2.05) is 37.3 Å². The highest BCUT2D eigenvalue weighted by molar-refractivity contribution is 7.89. The van der Waals surface area contributed by atoms with Crippen LogP contribution in [0.1, 0.15) is 57.6 Å². The van der Waals surface area contributed by atoms with E-state index in [0.29, 0.717) is 19.5 Å². The summed E-state index contributed by atoms with van der Waals surface area (Å²) < 4.78 is 26.1. The molecule has 1 aromatic carbocycles. The van der Waals surface area contributed by atoms with Gasteiger partial charge in [-0.2, -0.15) is 0 Å². The summed E-state index contributed by atoms with van der Waals surface area (Å²) in [6, 6.07) is 9.96. The van der Waals surface area contributed by atoms with Crippen LogP contribution in [0, 0.1) is 5.92 Å². The molecule has 1 heterocycles. The normalized spacial score (nSPS) is 20.2. The Balaban J connectivity index is 2.03. The van der Waals surface area contributed by atoms with Crippen molar-refractivity contribution in [1.82, 2.24) is 9.62 Å². The zero-order chi connectivity index (χ0) is 18.3. The molecule has 1 fully saturated rings. The zero-order valence-corrected chi connectivity index (χ0v) is 16.1. The van der Waals surface area contributed by atoms with Crippen molar-refractivity contribution in [2.45, 2.75) is 52.0 Å². The van der Waals surface area contributed by atoms with Crippen molar-refractivity contribution in [1.29, 1.82) is 0 Å². The van der Waals surface area contributed by atoms with Gasteiger partial charge in [-0.05, 0) is 31.2 Å². The standard InChI is InChI=1S/C19H30N2O3S/c1-3-9-18(16-10-6-5-7-11-16)20-19(22)17-12-8-13-21(15-17)25(23,24)14-4-2/h5-7,10-11,17-18H,3-4,8-9,12-15H2,1-2H3,(H,20,22)/t17-,18+/m1/s1. The molecule has 0 aromatic heterocycles. The number of amides is 1. The first-order chi connectivity index (χ1) is 12.0. The van der Waals surface area contributed by atoms with Crippen molar-refractivity contribution in [2.75, 3.05) is 18.8 Å². The molecule has 6 heteroatoms. The molecule has 1 aromatic rings. The number of piperidine rings is 1. The molecule has 0 spiro atoms. The van der Waals surface area contributed by atoms with Crippen LogP contribution in [0.3, 0.4) is 0 Å². The van der Waals surface area contributed by atoms with Crippen LogP contribution < -0.4 is 5.32 Å². The molecule has 25 heavy (non-hydrogen) atoms. The Morgan fingerprint density at radius 1 is 1.24 bits per heavy atom. The topological polar surface area (TPSA) is 66.5 Å². The molecule has 1 aliphatic rings. The average molecular weight is 367 g/mol. The molecule has 0 saturated carbocycles. The first-order valence-corrected chi connectivity index (χ1v) is 10.9. The van der Waals surface area contributed by atoms with Crippen LogP contribution in [0.5, 0.6) is 0 Å². The lowest BCUT2D eigenvalue weighted by molar-refractivity contribution is -0.126. The van der Waals surface area contributed by atoms with E-state index >= 15 is 0 Å². The lowest BCUT2D eigenvalue weighted by atomic mass is 9.96. The Hall–Kier alpha value is -1.40. The van der Waals surface area contributed by atoms with Gasteiger partial charge in [0.05, 0.1) is 17.7 Å². The molecule has 2 atom stereocenters. The fraction of sp³-hybridized carbons (Fsp3) is 0.632. The molecule has 5 nitrogen and oxygen atoms in total. The molecular formula is C19H30N2O3S. The van der Waals surface area contributed by atoms with E-state index in [1.165, 1.54) is 4.31 Å². The van der Waals surface area contributed by atoms with Crippen molar-refractivity contribution >= 4 is 15.9 Å². The molecular weight excluding hydrogens is 336 g/mol. The van der Waals surface area contributed by atoms with Crippen LogP contribution in [0.15, 0.2) is 30.3 Å². The Morgan fingerprint density at radius 2 is 1.96 bits per heavy atom. The molecule has 2 rings (SSSR count). The third-order valence-corrected chi connectivity index (χ3v) is 6.75. The summed E-state index contributed by atoms with van der Waals surface area (Å²) in [6.45, 7) is 4.80. The number of nitrogens with zero attached hydrogens (tertiary/aromatic N) is 1. The van der Waals surface area contributed by atoms with E-state index in [-0.39, 0.29) is 23.6 Å². The fourth-order valence-corrected chi connectivity index (χ4v) is 4.97. The van der Waals surface area contributed by atoms with E-state index in [2.05, 4.69) is 12.2 Å². The predicted molar refractivity (Wildman–Crippen MR) is 101 cm³/mol. The van der Waals surface area contributed by atoms with Crippen LogP contribution in [-0.4, -0.2) is 37.5 Å². The van der Waals surface area contributed by atoms with Gasteiger partial charge in [-0.3, -0.25) is 4.79 Å². The molecule has 1 N–H and O–H groups in total. The second-order valence-electron chi connectivity index (χ2n) is 6.77. The molecule has 0 bridgehead atoms. The molecule has 1 amide bonds. The number of sulfonamides is 1. The van der Waals surface area contributed by atoms with Gasteiger partial charge in [-0.1, -0.05) is 50.6 Å². The maximum atomic E-state index is 12.8. The van der Waals surface area contributed by atoms with Crippen LogP contribution in [0.4, 0.5) is 0 Å². The first kappa shape index (κ1) is 19.9. The lowest BCUT2D eigenvalue weighted by Crippen LogP contribution is -2.46. The zero-order valence-electron chi connectivity index (χ0n) is 15.3. The Bertz CT molecular complexity index is 646. The van der Waals surface area contributed by atoms with Crippen molar-refractivity contribution in [2.24, 2.45) is 5.92 Å². The van der Waals surface area contributed by atoms with Gasteiger partial charge in [0.25, 0.3) is 0 Å². The molecule has 0 radical (unpaired) electrons. The van der Waals surface area contributed by atoms with E-state index in [4.69, 9.17) is 0 Å². The molecule has 0 unspecified atom stereocenters. The Kier molecular flexibility index (Phi) is 7.44. The third-order valence-electron chi connectivity index (χ3n) is 4.71. The third kappa shape index (κ3) is 5.54. The molecule has 0 aliphatic carbocycles. The number of hydrogen-bond donors (Lipinski definition) is 1. The molecule has 140 valence electrons. The summed E-state index contributed by atoms with van der Waals surface area (Å²) in [5.41, 5.74) is 1.10. The Labute approximate surface area is 151 Å². The van der Waals surface area contributed by atoms with Gasteiger partial charge in [0.15, 0.2) is 0 Å². The number of nitrogens with one attached hydrogen (secondary N) is 1. The van der Waals surface area contributed by atoms with Crippen LogP contribution in [-0.2, 0) is 14.8 Å². The van der Waals surface area contributed by atoms with E-state index in [1.54, 1.807) is 0 Å². The van der Waals surface area contributed by atoms with Crippen LogP contribution >= 0.6 is 0 Å². The minimum Gasteiger partial charge on any atom is -0.349 e. The lowest BCUT2D eigenvalue weighted by Gasteiger charge is -2.32. The number of carbonyl (C=O) groups excluding carboxylic acids is 1. The summed E-state index contributed by atoms with van der Waals surface area (Å²) in [5, 5.41) is 3.15. The number of rotatable bonds is 8. The minimum atomic E-state index is -3.24. The van der Waals surface area contributed by atoms with Crippen molar-refractivity contribution in [3.63, 3.8) is 0 Å². The quantitative estimate of drug-likeness (QED) is 0.769. The van der Waals surface area contributed by atoms with Crippen molar-refractivity contribution in [3.05, 3.63) is 35.9 Å². The fourth-order valence-electron chi connectivity index (χ4n) is 3.38. The maximum absolute atomic E-state index is 12.8. The van der Waals surface area contributed by atoms with Gasteiger partial charge < -0.3 is 5.32 Å². The van der Waals surface area contributed by atoms with E-state index in [9.17, 15) is 13.2 Å². The highest BCUT2D eigenvalue weighted by Gasteiger charge is 2.32.